The van der Waals surface area contributed by atoms with E-state index in [4.69, 9.17) is 0 Å². The third-order valence-electron chi connectivity index (χ3n) is 3.78. The Morgan fingerprint density at radius 3 is 2.85 bits per heavy atom. The molecule has 1 aromatic carbocycles. The maximum Gasteiger partial charge on any atom is 0.223 e. The molecule has 0 saturated carbocycles. The minimum absolute atomic E-state index is 0.0443. The molecular formula is C15H20F2N2O. The highest BCUT2D eigenvalue weighted by Gasteiger charge is 2.26. The number of piperidine rings is 1. The van der Waals surface area contributed by atoms with Crippen LogP contribution in [0.4, 0.5) is 8.78 Å². The van der Waals surface area contributed by atoms with Gasteiger partial charge in [-0.3, -0.25) is 4.79 Å². The van der Waals surface area contributed by atoms with Crippen molar-refractivity contribution in [2.75, 3.05) is 6.54 Å². The Bertz CT molecular complexity index is 493. The van der Waals surface area contributed by atoms with Crippen molar-refractivity contribution in [3.8, 4) is 0 Å². The quantitative estimate of drug-likeness (QED) is 0.894. The van der Waals surface area contributed by atoms with Crippen molar-refractivity contribution >= 4 is 5.91 Å². The Morgan fingerprint density at radius 1 is 1.45 bits per heavy atom. The SMILES string of the molecule is CC(NC(=O)[C@H]1CCN[C@@H](C)C1)c1ccc(F)cc1F. The van der Waals surface area contributed by atoms with Gasteiger partial charge in [0.05, 0.1) is 6.04 Å². The number of hydrogen-bond acceptors (Lipinski definition) is 2. The molecule has 0 spiro atoms. The molecular weight excluding hydrogens is 262 g/mol. The lowest BCUT2D eigenvalue weighted by Crippen LogP contribution is -2.43. The molecule has 1 aliphatic rings. The Balaban J connectivity index is 1.99. The molecule has 20 heavy (non-hydrogen) atoms. The van der Waals surface area contributed by atoms with Crippen molar-refractivity contribution in [3.63, 3.8) is 0 Å². The smallest absolute Gasteiger partial charge is 0.223 e. The highest BCUT2D eigenvalue weighted by Crippen LogP contribution is 2.21. The first kappa shape index (κ1) is 14.9. The lowest BCUT2D eigenvalue weighted by atomic mass is 9.92. The summed E-state index contributed by atoms with van der Waals surface area (Å²) in [7, 11) is 0. The van der Waals surface area contributed by atoms with E-state index in [1.807, 2.05) is 6.92 Å². The van der Waals surface area contributed by atoms with Gasteiger partial charge >= 0.3 is 0 Å². The monoisotopic (exact) mass is 282 g/mol. The molecule has 1 fully saturated rings. The molecule has 0 aliphatic carbocycles. The molecule has 1 aliphatic heterocycles. The highest BCUT2D eigenvalue weighted by molar-refractivity contribution is 5.79. The summed E-state index contributed by atoms with van der Waals surface area (Å²) in [6, 6.07) is 3.27. The molecule has 1 unspecified atom stereocenters. The van der Waals surface area contributed by atoms with Gasteiger partial charge in [0.15, 0.2) is 0 Å². The second kappa shape index (κ2) is 6.31. The lowest BCUT2D eigenvalue weighted by molar-refractivity contribution is -0.126. The minimum atomic E-state index is -0.628. The van der Waals surface area contributed by atoms with Gasteiger partial charge in [-0.15, -0.1) is 0 Å². The molecule has 0 bridgehead atoms. The molecule has 5 heteroatoms. The summed E-state index contributed by atoms with van der Waals surface area (Å²) in [5.74, 6) is -1.35. The second-order valence-electron chi connectivity index (χ2n) is 5.47. The van der Waals surface area contributed by atoms with Gasteiger partial charge in [0.1, 0.15) is 11.6 Å². The third kappa shape index (κ3) is 3.54. The number of halogens is 2. The van der Waals surface area contributed by atoms with Gasteiger partial charge < -0.3 is 10.6 Å². The first-order valence-corrected chi connectivity index (χ1v) is 6.96. The van der Waals surface area contributed by atoms with Crippen molar-refractivity contribution in [3.05, 3.63) is 35.4 Å². The molecule has 3 atom stereocenters. The van der Waals surface area contributed by atoms with Crippen molar-refractivity contribution in [1.29, 1.82) is 0 Å². The predicted molar refractivity (Wildman–Crippen MR) is 73.1 cm³/mol. The van der Waals surface area contributed by atoms with Crippen LogP contribution in [0.2, 0.25) is 0 Å². The molecule has 3 nitrogen and oxygen atoms in total. The summed E-state index contributed by atoms with van der Waals surface area (Å²) in [6.07, 6.45) is 1.57. The Hall–Kier alpha value is -1.49. The maximum absolute atomic E-state index is 13.7. The van der Waals surface area contributed by atoms with Crippen LogP contribution in [0.1, 0.15) is 38.3 Å². The molecule has 1 amide bonds. The van der Waals surface area contributed by atoms with E-state index < -0.39 is 17.7 Å². The van der Waals surface area contributed by atoms with Gasteiger partial charge in [-0.05, 0) is 39.3 Å². The number of hydrogen-bond donors (Lipinski definition) is 2. The Kier molecular flexibility index (Phi) is 4.70. The molecule has 110 valence electrons. The second-order valence-corrected chi connectivity index (χ2v) is 5.47. The number of carbonyl (C=O) groups is 1. The summed E-state index contributed by atoms with van der Waals surface area (Å²) in [5.41, 5.74) is 0.307. The van der Waals surface area contributed by atoms with Crippen LogP contribution in [-0.2, 0) is 4.79 Å². The van der Waals surface area contributed by atoms with Crippen LogP contribution < -0.4 is 10.6 Å². The van der Waals surface area contributed by atoms with E-state index in [1.165, 1.54) is 12.1 Å². The molecule has 0 radical (unpaired) electrons. The summed E-state index contributed by atoms with van der Waals surface area (Å²) in [6.45, 7) is 4.57. The van der Waals surface area contributed by atoms with Crippen LogP contribution in [0.25, 0.3) is 0 Å². The van der Waals surface area contributed by atoms with E-state index in [0.29, 0.717) is 11.6 Å². The first-order chi connectivity index (χ1) is 9.47. The highest BCUT2D eigenvalue weighted by atomic mass is 19.1. The van der Waals surface area contributed by atoms with Crippen molar-refractivity contribution in [2.24, 2.45) is 5.92 Å². The zero-order chi connectivity index (χ0) is 14.7. The van der Waals surface area contributed by atoms with Crippen molar-refractivity contribution in [1.82, 2.24) is 10.6 Å². The molecule has 2 N–H and O–H groups in total. The lowest BCUT2D eigenvalue weighted by Gasteiger charge is -2.28. The topological polar surface area (TPSA) is 41.1 Å². The molecule has 1 saturated heterocycles. The fraction of sp³-hybridized carbons (Fsp3) is 0.533. The summed E-state index contributed by atoms with van der Waals surface area (Å²) >= 11 is 0. The minimum Gasteiger partial charge on any atom is -0.349 e. The van der Waals surface area contributed by atoms with E-state index in [2.05, 4.69) is 10.6 Å². The summed E-state index contributed by atoms with van der Waals surface area (Å²) in [4.78, 5) is 12.2. The third-order valence-corrected chi connectivity index (χ3v) is 3.78. The van der Waals surface area contributed by atoms with Crippen LogP contribution in [0.15, 0.2) is 18.2 Å². The fourth-order valence-corrected chi connectivity index (χ4v) is 2.63. The zero-order valence-electron chi connectivity index (χ0n) is 11.7. The van der Waals surface area contributed by atoms with Crippen molar-refractivity contribution in [2.45, 2.75) is 38.8 Å². The van der Waals surface area contributed by atoms with Crippen LogP contribution in [0, 0.1) is 17.6 Å². The van der Waals surface area contributed by atoms with E-state index in [-0.39, 0.29) is 11.8 Å². The largest absolute Gasteiger partial charge is 0.349 e. The van der Waals surface area contributed by atoms with Gasteiger partial charge in [-0.1, -0.05) is 6.07 Å². The van der Waals surface area contributed by atoms with E-state index in [9.17, 15) is 13.6 Å². The number of benzene rings is 1. The first-order valence-electron chi connectivity index (χ1n) is 6.96. The zero-order valence-corrected chi connectivity index (χ0v) is 11.7. The molecule has 1 aromatic rings. The van der Waals surface area contributed by atoms with Crippen molar-refractivity contribution < 1.29 is 13.6 Å². The van der Waals surface area contributed by atoms with Crippen LogP contribution in [0.3, 0.4) is 0 Å². The molecule has 1 heterocycles. The van der Waals surface area contributed by atoms with Crippen LogP contribution in [0.5, 0.6) is 0 Å². The number of carbonyl (C=O) groups excluding carboxylic acids is 1. The number of amides is 1. The Labute approximate surface area is 117 Å². The average Bonchev–Trinajstić information content (AvgIpc) is 2.38. The van der Waals surface area contributed by atoms with Crippen LogP contribution in [-0.4, -0.2) is 18.5 Å². The van der Waals surface area contributed by atoms with E-state index >= 15 is 0 Å². The summed E-state index contributed by atoms with van der Waals surface area (Å²) < 4.78 is 26.5. The number of nitrogens with one attached hydrogen (secondary N) is 2. The fourth-order valence-electron chi connectivity index (χ4n) is 2.63. The van der Waals surface area contributed by atoms with Gasteiger partial charge in [0.25, 0.3) is 0 Å². The van der Waals surface area contributed by atoms with Gasteiger partial charge in [-0.25, -0.2) is 8.78 Å². The average molecular weight is 282 g/mol. The molecule has 2 rings (SSSR count). The van der Waals surface area contributed by atoms with E-state index in [1.54, 1.807) is 6.92 Å². The number of rotatable bonds is 3. The standard InChI is InChI=1S/C15H20F2N2O/c1-9-7-11(5-6-18-9)15(20)19-10(2)13-4-3-12(16)8-14(13)17/h3-4,8-11,18H,5-7H2,1-2H3,(H,19,20)/t9-,10?,11-/m0/s1. The van der Waals surface area contributed by atoms with Gasteiger partial charge in [0, 0.05) is 23.6 Å². The van der Waals surface area contributed by atoms with Gasteiger partial charge in [-0.2, -0.15) is 0 Å². The van der Waals surface area contributed by atoms with Gasteiger partial charge in [0.2, 0.25) is 5.91 Å². The molecule has 0 aromatic heterocycles. The predicted octanol–water partition coefficient (Wildman–Crippen LogP) is 2.53. The Morgan fingerprint density at radius 2 is 2.20 bits per heavy atom. The normalized spacial score (nSPS) is 24.2. The van der Waals surface area contributed by atoms with E-state index in [0.717, 1.165) is 25.5 Å². The summed E-state index contributed by atoms with van der Waals surface area (Å²) in [5, 5.41) is 6.10. The van der Waals surface area contributed by atoms with Crippen LogP contribution >= 0.6 is 0 Å². The maximum atomic E-state index is 13.7.